The summed E-state index contributed by atoms with van der Waals surface area (Å²) in [6.45, 7) is 11.0. The highest BCUT2D eigenvalue weighted by atomic mass is 32.2. The van der Waals surface area contributed by atoms with Crippen LogP contribution >= 0.6 is 11.8 Å². The van der Waals surface area contributed by atoms with E-state index in [2.05, 4.69) is 39.9 Å². The average Bonchev–Trinajstić information content (AvgIpc) is 1.95. The summed E-state index contributed by atoms with van der Waals surface area (Å²) < 4.78 is 0. The highest BCUT2D eigenvalue weighted by molar-refractivity contribution is 8.14. The Morgan fingerprint density at radius 2 is 2.00 bits per heavy atom. The van der Waals surface area contributed by atoms with Crippen molar-refractivity contribution in [3.8, 4) is 0 Å². The normalized spacial score (nSPS) is 29.1. The van der Waals surface area contributed by atoms with Gasteiger partial charge >= 0.3 is 0 Å². The summed E-state index contributed by atoms with van der Waals surface area (Å²) in [5.41, 5.74) is 0.373. The van der Waals surface area contributed by atoms with Crippen LogP contribution in [0.4, 0.5) is 4.79 Å². The first-order chi connectivity index (χ1) is 7.28. The summed E-state index contributed by atoms with van der Waals surface area (Å²) in [5.74, 6) is 0.720. The molecule has 0 aromatic rings. The van der Waals surface area contributed by atoms with Crippen LogP contribution in [0.15, 0.2) is 0 Å². The summed E-state index contributed by atoms with van der Waals surface area (Å²) in [4.78, 5) is 11.7. The number of thioether (sulfide) groups is 1. The molecular formula is C13H25NOS. The molecule has 0 aromatic heterocycles. The monoisotopic (exact) mass is 243 g/mol. The molecule has 0 saturated heterocycles. The maximum atomic E-state index is 11.7. The van der Waals surface area contributed by atoms with E-state index in [9.17, 15) is 4.79 Å². The lowest BCUT2D eigenvalue weighted by molar-refractivity contribution is 0.156. The molecule has 0 aromatic carbocycles. The van der Waals surface area contributed by atoms with Crippen LogP contribution in [0, 0.1) is 11.3 Å². The summed E-state index contributed by atoms with van der Waals surface area (Å²) in [7, 11) is 0. The Labute approximate surface area is 104 Å². The molecule has 16 heavy (non-hydrogen) atoms. The van der Waals surface area contributed by atoms with Crippen LogP contribution in [0.1, 0.15) is 53.9 Å². The molecule has 1 N–H and O–H groups in total. The lowest BCUT2D eigenvalue weighted by atomic mass is 9.71. The Morgan fingerprint density at radius 3 is 2.50 bits per heavy atom. The highest BCUT2D eigenvalue weighted by Crippen LogP contribution is 2.38. The average molecular weight is 243 g/mol. The van der Waals surface area contributed by atoms with Crippen LogP contribution in [-0.2, 0) is 0 Å². The van der Waals surface area contributed by atoms with E-state index in [-0.39, 0.29) is 5.24 Å². The fourth-order valence-corrected chi connectivity index (χ4v) is 3.53. The lowest BCUT2D eigenvalue weighted by Gasteiger charge is -2.39. The van der Waals surface area contributed by atoms with Crippen LogP contribution in [0.3, 0.4) is 0 Å². The molecular weight excluding hydrogens is 218 g/mol. The molecule has 1 aliphatic carbocycles. The predicted octanol–water partition coefficient (Wildman–Crippen LogP) is 4.05. The Kier molecular flexibility index (Phi) is 4.72. The van der Waals surface area contributed by atoms with Gasteiger partial charge in [0.25, 0.3) is 5.24 Å². The molecule has 0 heterocycles. The predicted molar refractivity (Wildman–Crippen MR) is 71.8 cm³/mol. The van der Waals surface area contributed by atoms with Gasteiger partial charge in [-0.2, -0.15) is 0 Å². The quantitative estimate of drug-likeness (QED) is 0.792. The van der Waals surface area contributed by atoms with Crippen molar-refractivity contribution < 1.29 is 4.79 Å². The van der Waals surface area contributed by atoms with Gasteiger partial charge in [-0.25, -0.2) is 0 Å². The zero-order valence-electron chi connectivity index (χ0n) is 11.2. The smallest absolute Gasteiger partial charge is 0.279 e. The SMILES string of the molecule is CC1CC(NC(=O)SC(C)C)CC(C)(C)C1. The zero-order valence-corrected chi connectivity index (χ0v) is 12.0. The molecule has 0 spiro atoms. The standard InChI is InChI=1S/C13H25NOS/c1-9(2)16-12(15)14-11-6-10(3)7-13(4,5)8-11/h9-11H,6-8H2,1-5H3,(H,14,15). The molecule has 1 saturated carbocycles. The maximum Gasteiger partial charge on any atom is 0.279 e. The molecule has 0 radical (unpaired) electrons. The van der Waals surface area contributed by atoms with Crippen molar-refractivity contribution in [2.45, 2.75) is 65.2 Å². The van der Waals surface area contributed by atoms with E-state index in [1.807, 2.05) is 0 Å². The minimum absolute atomic E-state index is 0.143. The summed E-state index contributed by atoms with van der Waals surface area (Å²) >= 11 is 1.40. The number of nitrogens with one attached hydrogen (secondary N) is 1. The minimum Gasteiger partial charge on any atom is -0.344 e. The van der Waals surface area contributed by atoms with Gasteiger partial charge < -0.3 is 5.32 Å². The van der Waals surface area contributed by atoms with Crippen LogP contribution in [-0.4, -0.2) is 16.5 Å². The number of carbonyl (C=O) groups is 1. The fraction of sp³-hybridized carbons (Fsp3) is 0.923. The molecule has 2 unspecified atom stereocenters. The number of rotatable bonds is 2. The van der Waals surface area contributed by atoms with Gasteiger partial charge in [-0.05, 0) is 30.6 Å². The van der Waals surface area contributed by atoms with E-state index < -0.39 is 0 Å². The third-order valence-corrected chi connectivity index (χ3v) is 3.85. The van der Waals surface area contributed by atoms with Crippen LogP contribution < -0.4 is 5.32 Å². The topological polar surface area (TPSA) is 29.1 Å². The van der Waals surface area contributed by atoms with Gasteiger partial charge in [-0.15, -0.1) is 0 Å². The van der Waals surface area contributed by atoms with Crippen molar-refractivity contribution in [3.05, 3.63) is 0 Å². The Bertz CT molecular complexity index is 250. The number of amides is 1. The molecule has 1 fully saturated rings. The molecule has 3 heteroatoms. The van der Waals surface area contributed by atoms with E-state index in [1.165, 1.54) is 18.2 Å². The Morgan fingerprint density at radius 1 is 1.38 bits per heavy atom. The lowest BCUT2D eigenvalue weighted by Crippen LogP contribution is -2.41. The first-order valence-corrected chi connectivity index (χ1v) is 7.13. The summed E-state index contributed by atoms with van der Waals surface area (Å²) in [6, 6.07) is 0.373. The molecule has 1 aliphatic rings. The Balaban J connectivity index is 2.45. The molecule has 2 nitrogen and oxygen atoms in total. The van der Waals surface area contributed by atoms with E-state index >= 15 is 0 Å². The van der Waals surface area contributed by atoms with Crippen molar-refractivity contribution in [2.24, 2.45) is 11.3 Å². The number of hydrogen-bond acceptors (Lipinski definition) is 2. The molecule has 94 valence electrons. The van der Waals surface area contributed by atoms with Crippen LogP contribution in [0.5, 0.6) is 0 Å². The first-order valence-electron chi connectivity index (χ1n) is 6.25. The van der Waals surface area contributed by atoms with E-state index in [4.69, 9.17) is 0 Å². The minimum atomic E-state index is 0.143. The summed E-state index contributed by atoms with van der Waals surface area (Å²) in [5, 5.41) is 3.67. The first kappa shape index (κ1) is 13.9. The molecule has 1 amide bonds. The summed E-state index contributed by atoms with van der Waals surface area (Å²) in [6.07, 6.45) is 3.52. The number of hydrogen-bond donors (Lipinski definition) is 1. The van der Waals surface area contributed by atoms with Crippen LogP contribution in [0.25, 0.3) is 0 Å². The van der Waals surface area contributed by atoms with E-state index in [1.54, 1.807) is 0 Å². The van der Waals surface area contributed by atoms with E-state index in [0.717, 1.165) is 18.8 Å². The van der Waals surface area contributed by atoms with Gasteiger partial charge in [-0.3, -0.25) is 4.79 Å². The molecule has 1 rings (SSSR count). The second kappa shape index (κ2) is 5.44. The van der Waals surface area contributed by atoms with Gasteiger partial charge in [-0.1, -0.05) is 46.4 Å². The fourth-order valence-electron chi connectivity index (χ4n) is 2.87. The van der Waals surface area contributed by atoms with Crippen molar-refractivity contribution in [1.29, 1.82) is 0 Å². The molecule has 0 aliphatic heterocycles. The Hall–Kier alpha value is -0.180. The van der Waals surface area contributed by atoms with Gasteiger partial charge in [0.1, 0.15) is 0 Å². The van der Waals surface area contributed by atoms with Crippen molar-refractivity contribution >= 4 is 17.0 Å². The van der Waals surface area contributed by atoms with Gasteiger partial charge in [0.15, 0.2) is 0 Å². The van der Waals surface area contributed by atoms with Crippen molar-refractivity contribution in [3.63, 3.8) is 0 Å². The second-order valence-electron chi connectivity index (χ2n) is 6.21. The largest absolute Gasteiger partial charge is 0.344 e. The van der Waals surface area contributed by atoms with Gasteiger partial charge in [0.2, 0.25) is 0 Å². The van der Waals surface area contributed by atoms with Gasteiger partial charge in [0.05, 0.1) is 0 Å². The third-order valence-electron chi connectivity index (χ3n) is 3.05. The molecule has 0 bridgehead atoms. The van der Waals surface area contributed by atoms with Crippen molar-refractivity contribution in [1.82, 2.24) is 5.32 Å². The van der Waals surface area contributed by atoms with Crippen LogP contribution in [0.2, 0.25) is 0 Å². The van der Waals surface area contributed by atoms with Crippen molar-refractivity contribution in [2.75, 3.05) is 0 Å². The molecule has 2 atom stereocenters. The number of carbonyl (C=O) groups excluding carboxylic acids is 1. The zero-order chi connectivity index (χ0) is 12.3. The highest BCUT2D eigenvalue weighted by Gasteiger charge is 2.32. The van der Waals surface area contributed by atoms with Gasteiger partial charge in [0, 0.05) is 11.3 Å². The van der Waals surface area contributed by atoms with E-state index in [0.29, 0.717) is 16.7 Å². The second-order valence-corrected chi connectivity index (χ2v) is 7.76. The maximum absolute atomic E-state index is 11.7. The third kappa shape index (κ3) is 4.77.